The normalized spacial score (nSPS) is 13.9. The van der Waals surface area contributed by atoms with Crippen molar-refractivity contribution >= 4 is 21.5 Å². The first-order valence-corrected chi connectivity index (χ1v) is 11.7. The third kappa shape index (κ3) is 5.71. The van der Waals surface area contributed by atoms with Crippen molar-refractivity contribution in [3.05, 3.63) is 66.9 Å². The van der Waals surface area contributed by atoms with Crippen LogP contribution in [0.1, 0.15) is 12.8 Å². The maximum Gasteiger partial charge on any atom is 0.240 e. The number of anilines is 2. The quantitative estimate of drug-likeness (QED) is 0.494. The lowest BCUT2D eigenvalue weighted by Gasteiger charge is -2.17. The van der Waals surface area contributed by atoms with Crippen molar-refractivity contribution in [1.29, 1.82) is 0 Å². The molecule has 31 heavy (non-hydrogen) atoms. The molecule has 2 aromatic carbocycles. The van der Waals surface area contributed by atoms with Crippen molar-refractivity contribution in [2.75, 3.05) is 36.4 Å². The number of para-hydroxylation sites is 1. The second kappa shape index (κ2) is 9.76. The number of hydrogen-bond donors (Lipinski definition) is 2. The Morgan fingerprint density at radius 1 is 0.935 bits per heavy atom. The zero-order valence-corrected chi connectivity index (χ0v) is 17.9. The van der Waals surface area contributed by atoms with Gasteiger partial charge < -0.3 is 15.0 Å². The molecule has 0 saturated carbocycles. The second-order valence-electron chi connectivity index (χ2n) is 7.20. The maximum atomic E-state index is 12.5. The Labute approximate surface area is 182 Å². The van der Waals surface area contributed by atoms with Gasteiger partial charge in [0.25, 0.3) is 0 Å². The molecule has 1 aliphatic rings. The first kappa shape index (κ1) is 21.1. The molecule has 2 N–H and O–H groups in total. The van der Waals surface area contributed by atoms with Crippen LogP contribution in [-0.2, 0) is 10.0 Å². The number of rotatable bonds is 9. The van der Waals surface area contributed by atoms with Gasteiger partial charge in [-0.1, -0.05) is 18.2 Å². The fraction of sp³-hybridized carbons (Fsp3) is 0.273. The number of sulfonamides is 1. The van der Waals surface area contributed by atoms with E-state index in [1.54, 1.807) is 18.3 Å². The fourth-order valence-electron chi connectivity index (χ4n) is 3.36. The second-order valence-corrected chi connectivity index (χ2v) is 8.97. The zero-order valence-electron chi connectivity index (χ0n) is 17.1. The third-order valence-corrected chi connectivity index (χ3v) is 6.42. The van der Waals surface area contributed by atoms with Crippen molar-refractivity contribution in [3.63, 3.8) is 0 Å². The molecule has 1 aromatic heterocycles. The van der Waals surface area contributed by atoms with Gasteiger partial charge in [-0.05, 0) is 49.2 Å². The van der Waals surface area contributed by atoms with E-state index in [0.29, 0.717) is 23.9 Å². The molecule has 1 fully saturated rings. The molecule has 0 unspecified atom stereocenters. The average Bonchev–Trinajstić information content (AvgIpc) is 3.33. The molecule has 0 bridgehead atoms. The van der Waals surface area contributed by atoms with E-state index in [-0.39, 0.29) is 11.4 Å². The van der Waals surface area contributed by atoms with Crippen molar-refractivity contribution in [3.8, 4) is 11.5 Å². The smallest absolute Gasteiger partial charge is 0.240 e. The standard InChI is InChI=1S/C22H25N5O3S/c28-31(29,21-10-8-20(9-11-21)30-19-6-2-1-3-7-19)25-13-12-23-22-16-18(17-24-26-22)27-14-4-5-15-27/h1-3,6-11,16-17,25H,4-5,12-15H2,(H,23,26). The Hall–Kier alpha value is -3.17. The van der Waals surface area contributed by atoms with E-state index in [4.69, 9.17) is 4.74 Å². The summed E-state index contributed by atoms with van der Waals surface area (Å²) in [5.74, 6) is 1.90. The molecule has 0 spiro atoms. The van der Waals surface area contributed by atoms with Crippen LogP contribution < -0.4 is 19.7 Å². The van der Waals surface area contributed by atoms with Crippen LogP contribution in [0.4, 0.5) is 11.5 Å². The summed E-state index contributed by atoms with van der Waals surface area (Å²) in [6.45, 7) is 2.67. The summed E-state index contributed by atoms with van der Waals surface area (Å²) in [5, 5.41) is 11.2. The lowest BCUT2D eigenvalue weighted by atomic mass is 10.3. The molecular formula is C22H25N5O3S. The van der Waals surface area contributed by atoms with E-state index in [2.05, 4.69) is 25.1 Å². The Bertz CT molecular complexity index is 1090. The molecule has 0 amide bonds. The van der Waals surface area contributed by atoms with Gasteiger partial charge in [0.15, 0.2) is 5.82 Å². The monoisotopic (exact) mass is 439 g/mol. The lowest BCUT2D eigenvalue weighted by Crippen LogP contribution is -2.29. The minimum Gasteiger partial charge on any atom is -0.457 e. The van der Waals surface area contributed by atoms with E-state index >= 15 is 0 Å². The zero-order chi connectivity index (χ0) is 21.5. The number of nitrogens with zero attached hydrogens (tertiary/aromatic N) is 3. The summed E-state index contributed by atoms with van der Waals surface area (Å²) in [6.07, 6.45) is 4.13. The minimum atomic E-state index is -3.62. The van der Waals surface area contributed by atoms with E-state index in [0.717, 1.165) is 18.8 Å². The number of hydrogen-bond acceptors (Lipinski definition) is 7. The highest BCUT2D eigenvalue weighted by Crippen LogP contribution is 2.23. The Morgan fingerprint density at radius 3 is 2.39 bits per heavy atom. The van der Waals surface area contributed by atoms with Crippen LogP contribution in [0.2, 0.25) is 0 Å². The summed E-state index contributed by atoms with van der Waals surface area (Å²) in [4.78, 5) is 2.46. The molecule has 0 radical (unpaired) electrons. The van der Waals surface area contributed by atoms with Gasteiger partial charge in [-0.2, -0.15) is 5.10 Å². The molecule has 2 heterocycles. The van der Waals surface area contributed by atoms with Crippen LogP contribution in [0.5, 0.6) is 11.5 Å². The molecule has 1 aliphatic heterocycles. The van der Waals surface area contributed by atoms with Crippen LogP contribution >= 0.6 is 0 Å². The highest BCUT2D eigenvalue weighted by atomic mass is 32.2. The predicted molar refractivity (Wildman–Crippen MR) is 120 cm³/mol. The van der Waals surface area contributed by atoms with E-state index in [1.807, 2.05) is 36.4 Å². The van der Waals surface area contributed by atoms with Crippen molar-refractivity contribution in [2.45, 2.75) is 17.7 Å². The van der Waals surface area contributed by atoms with Gasteiger partial charge in [-0.25, -0.2) is 13.1 Å². The third-order valence-electron chi connectivity index (χ3n) is 4.95. The first-order valence-electron chi connectivity index (χ1n) is 10.2. The van der Waals surface area contributed by atoms with Crippen LogP contribution in [0.3, 0.4) is 0 Å². The van der Waals surface area contributed by atoms with Gasteiger partial charge in [0.05, 0.1) is 16.8 Å². The fourth-order valence-corrected chi connectivity index (χ4v) is 4.39. The lowest BCUT2D eigenvalue weighted by molar-refractivity contribution is 0.482. The van der Waals surface area contributed by atoms with E-state index in [9.17, 15) is 8.42 Å². The summed E-state index contributed by atoms with van der Waals surface area (Å²) in [6, 6.07) is 17.6. The molecular weight excluding hydrogens is 414 g/mol. The summed E-state index contributed by atoms with van der Waals surface area (Å²) in [7, 11) is -3.62. The highest BCUT2D eigenvalue weighted by Gasteiger charge is 2.15. The highest BCUT2D eigenvalue weighted by molar-refractivity contribution is 7.89. The number of benzene rings is 2. The SMILES string of the molecule is O=S(=O)(NCCNc1cc(N2CCCC2)cnn1)c1ccc(Oc2ccccc2)cc1. The van der Waals surface area contributed by atoms with Crippen LogP contribution in [0.25, 0.3) is 0 Å². The van der Waals surface area contributed by atoms with Gasteiger partial charge >= 0.3 is 0 Å². The average molecular weight is 440 g/mol. The predicted octanol–water partition coefficient (Wildman–Crippen LogP) is 3.26. The molecule has 4 rings (SSSR count). The Balaban J connectivity index is 1.28. The molecule has 9 heteroatoms. The van der Waals surface area contributed by atoms with Crippen LogP contribution in [0, 0.1) is 0 Å². The topological polar surface area (TPSA) is 96.5 Å². The summed E-state index contributed by atoms with van der Waals surface area (Å²) < 4.78 is 33.3. The van der Waals surface area contributed by atoms with E-state index < -0.39 is 10.0 Å². The van der Waals surface area contributed by atoms with Crippen LogP contribution in [-0.4, -0.2) is 44.8 Å². The molecule has 3 aromatic rings. The Kier molecular flexibility index (Phi) is 6.63. The van der Waals surface area contributed by atoms with E-state index in [1.165, 1.54) is 25.0 Å². The van der Waals surface area contributed by atoms with Crippen LogP contribution in [0.15, 0.2) is 71.8 Å². The summed E-state index contributed by atoms with van der Waals surface area (Å²) >= 11 is 0. The molecule has 162 valence electrons. The van der Waals surface area contributed by atoms with Gasteiger partial charge in [-0.15, -0.1) is 5.10 Å². The maximum absolute atomic E-state index is 12.5. The van der Waals surface area contributed by atoms with Gasteiger partial charge in [0.1, 0.15) is 11.5 Å². The summed E-state index contributed by atoms with van der Waals surface area (Å²) in [5.41, 5.74) is 1.04. The molecule has 1 saturated heterocycles. The first-order chi connectivity index (χ1) is 15.1. The number of aromatic nitrogens is 2. The molecule has 8 nitrogen and oxygen atoms in total. The number of ether oxygens (including phenoxy) is 1. The van der Waals surface area contributed by atoms with Crippen molar-refractivity contribution in [1.82, 2.24) is 14.9 Å². The van der Waals surface area contributed by atoms with Gasteiger partial charge in [0, 0.05) is 32.2 Å². The minimum absolute atomic E-state index is 0.184. The molecule has 0 aliphatic carbocycles. The van der Waals surface area contributed by atoms with Crippen molar-refractivity contribution < 1.29 is 13.2 Å². The Morgan fingerprint density at radius 2 is 1.65 bits per heavy atom. The number of nitrogens with one attached hydrogen (secondary N) is 2. The van der Waals surface area contributed by atoms with Gasteiger partial charge in [-0.3, -0.25) is 0 Å². The molecule has 0 atom stereocenters. The van der Waals surface area contributed by atoms with Crippen molar-refractivity contribution in [2.24, 2.45) is 0 Å². The largest absolute Gasteiger partial charge is 0.457 e. The van der Waals surface area contributed by atoms with Gasteiger partial charge in [0.2, 0.25) is 10.0 Å².